The van der Waals surface area contributed by atoms with Crippen molar-refractivity contribution in [3.63, 3.8) is 0 Å². The Morgan fingerprint density at radius 1 is 0.263 bits per heavy atom. The highest BCUT2D eigenvalue weighted by atomic mass is 28.3. The van der Waals surface area contributed by atoms with E-state index in [2.05, 4.69) is 177 Å². The molecule has 0 spiro atoms. The van der Waals surface area contributed by atoms with Crippen molar-refractivity contribution in [1.29, 1.82) is 0 Å². The topological polar surface area (TPSA) is 38.7 Å². The molecule has 1 aromatic heterocycles. The van der Waals surface area contributed by atoms with Gasteiger partial charge >= 0.3 is 0 Å². The Balaban J connectivity index is 0.958. The van der Waals surface area contributed by atoms with Gasteiger partial charge in [0.25, 0.3) is 0 Å². The summed E-state index contributed by atoms with van der Waals surface area (Å²) in [6.45, 7) is 4.96. The van der Waals surface area contributed by atoms with Gasteiger partial charge in [-0.1, -0.05) is 195 Å². The van der Waals surface area contributed by atoms with Gasteiger partial charge in [0, 0.05) is 16.7 Å². The Hall–Kier alpha value is -7.01. The fourth-order valence-corrected chi connectivity index (χ4v) is 11.4. The normalized spacial score (nSPS) is 12.5. The number of aromatic nitrogens is 3. The number of benzene rings is 8. The van der Waals surface area contributed by atoms with Gasteiger partial charge in [-0.15, -0.1) is 0 Å². The molecular formula is C53H39N3Si. The Labute approximate surface area is 335 Å². The van der Waals surface area contributed by atoms with E-state index in [1.54, 1.807) is 0 Å². The molecule has 0 saturated carbocycles. The zero-order valence-corrected chi connectivity index (χ0v) is 32.9. The van der Waals surface area contributed by atoms with Crippen molar-refractivity contribution in [3.8, 4) is 89.8 Å². The fourth-order valence-electron chi connectivity index (χ4n) is 8.27. The van der Waals surface area contributed by atoms with Crippen LogP contribution in [0.3, 0.4) is 0 Å². The zero-order valence-electron chi connectivity index (χ0n) is 31.9. The Morgan fingerprint density at radius 2 is 0.614 bits per heavy atom. The smallest absolute Gasteiger partial charge is 0.164 e. The fraction of sp³-hybridized carbons (Fsp3) is 0.0377. The molecule has 8 aromatic carbocycles. The number of fused-ring (bicyclic) bond motifs is 3. The average Bonchev–Trinajstić information content (AvgIpc) is 3.52. The van der Waals surface area contributed by atoms with Crippen LogP contribution in [0, 0.1) is 0 Å². The van der Waals surface area contributed by atoms with Crippen molar-refractivity contribution in [2.75, 3.05) is 0 Å². The van der Waals surface area contributed by atoms with Crippen molar-refractivity contribution in [2.24, 2.45) is 0 Å². The molecule has 57 heavy (non-hydrogen) atoms. The summed E-state index contributed by atoms with van der Waals surface area (Å²) in [4.78, 5) is 15.0. The van der Waals surface area contributed by atoms with E-state index in [4.69, 9.17) is 15.0 Å². The second-order valence-electron chi connectivity index (χ2n) is 15.3. The van der Waals surface area contributed by atoms with Crippen molar-refractivity contribution < 1.29 is 0 Å². The predicted molar refractivity (Wildman–Crippen MR) is 240 cm³/mol. The van der Waals surface area contributed by atoms with Gasteiger partial charge in [0.15, 0.2) is 17.5 Å². The molecule has 0 aliphatic carbocycles. The summed E-state index contributed by atoms with van der Waals surface area (Å²) in [5.74, 6) is 1.93. The summed E-state index contributed by atoms with van der Waals surface area (Å²) in [5, 5.41) is 3.06. The molecule has 0 atom stereocenters. The lowest BCUT2D eigenvalue weighted by atomic mass is 9.95. The third kappa shape index (κ3) is 6.50. The van der Waals surface area contributed by atoms with Crippen LogP contribution >= 0.6 is 0 Å². The molecular weight excluding hydrogens is 707 g/mol. The van der Waals surface area contributed by atoms with Gasteiger partial charge in [-0.3, -0.25) is 0 Å². The van der Waals surface area contributed by atoms with E-state index < -0.39 is 8.07 Å². The highest BCUT2D eigenvalue weighted by Gasteiger charge is 2.37. The predicted octanol–water partition coefficient (Wildman–Crippen LogP) is 12.3. The monoisotopic (exact) mass is 745 g/mol. The lowest BCUT2D eigenvalue weighted by molar-refractivity contribution is 1.07. The van der Waals surface area contributed by atoms with Crippen LogP contribution in [0.15, 0.2) is 200 Å². The second-order valence-corrected chi connectivity index (χ2v) is 19.6. The first-order valence-corrected chi connectivity index (χ1v) is 22.5. The molecule has 0 N–H and O–H groups in total. The van der Waals surface area contributed by atoms with Gasteiger partial charge in [0.1, 0.15) is 8.07 Å². The van der Waals surface area contributed by atoms with Crippen molar-refractivity contribution in [3.05, 3.63) is 200 Å². The van der Waals surface area contributed by atoms with Crippen LogP contribution in [0.2, 0.25) is 13.1 Å². The van der Waals surface area contributed by atoms with Gasteiger partial charge in [0.05, 0.1) is 0 Å². The third-order valence-electron chi connectivity index (χ3n) is 11.3. The number of hydrogen-bond acceptors (Lipinski definition) is 3. The molecule has 0 radical (unpaired) electrons. The summed E-state index contributed by atoms with van der Waals surface area (Å²) < 4.78 is 0. The van der Waals surface area contributed by atoms with Gasteiger partial charge in [-0.05, 0) is 84.2 Å². The van der Waals surface area contributed by atoms with Gasteiger partial charge in [-0.25, -0.2) is 15.0 Å². The van der Waals surface area contributed by atoms with Crippen LogP contribution in [-0.2, 0) is 0 Å². The molecule has 4 heteroatoms. The molecule has 2 heterocycles. The van der Waals surface area contributed by atoms with Crippen LogP contribution in [0.5, 0.6) is 0 Å². The summed E-state index contributed by atoms with van der Waals surface area (Å²) >= 11 is 0. The van der Waals surface area contributed by atoms with E-state index in [1.165, 1.54) is 43.8 Å². The molecule has 0 bridgehead atoms. The number of hydrogen-bond donors (Lipinski definition) is 0. The van der Waals surface area contributed by atoms with Crippen molar-refractivity contribution in [1.82, 2.24) is 15.0 Å². The Kier molecular flexibility index (Phi) is 8.62. The number of nitrogens with zero attached hydrogens (tertiary/aromatic N) is 3. The van der Waals surface area contributed by atoms with E-state index >= 15 is 0 Å². The molecule has 0 fully saturated rings. The van der Waals surface area contributed by atoms with Crippen LogP contribution in [0.4, 0.5) is 0 Å². The molecule has 10 rings (SSSR count). The van der Waals surface area contributed by atoms with Crippen molar-refractivity contribution >= 4 is 18.4 Å². The van der Waals surface area contributed by atoms with E-state index in [0.29, 0.717) is 17.5 Å². The van der Waals surface area contributed by atoms with Crippen LogP contribution in [0.1, 0.15) is 0 Å². The molecule has 1 aliphatic rings. The number of rotatable bonds is 7. The van der Waals surface area contributed by atoms with Gasteiger partial charge < -0.3 is 0 Å². The minimum Gasteiger partial charge on any atom is -0.208 e. The Bertz CT molecular complexity index is 2920. The maximum absolute atomic E-state index is 5.04. The maximum Gasteiger partial charge on any atom is 0.164 e. The largest absolute Gasteiger partial charge is 0.208 e. The molecule has 270 valence electrons. The molecule has 0 saturated heterocycles. The van der Waals surface area contributed by atoms with E-state index in [-0.39, 0.29) is 0 Å². The Morgan fingerprint density at radius 3 is 1.21 bits per heavy atom. The maximum atomic E-state index is 5.04. The highest BCUT2D eigenvalue weighted by Crippen LogP contribution is 2.34. The SMILES string of the molecule is C[Si]1(C)c2ccccc2-c2ccc(-c3cccc(-c4cccc(-c5ccc(-c6nc(-c7ccccc7)nc(-c7cccc(-c8ccccc8)c7)n6)cc5)c4)c3)cc21. The lowest BCUT2D eigenvalue weighted by Crippen LogP contribution is -2.49. The first kappa shape index (κ1) is 34.5. The quantitative estimate of drug-likeness (QED) is 0.153. The van der Waals surface area contributed by atoms with Gasteiger partial charge in [-0.2, -0.15) is 0 Å². The van der Waals surface area contributed by atoms with E-state index in [1.807, 2.05) is 36.4 Å². The standard InChI is InChI=1S/C53H39N3Si/c1-57(2)49-25-10-9-24-47(49)48-31-30-45(35-50(48)57)44-22-12-21-43(33-44)42-20-11-18-40(32-42)37-26-28-39(29-27-37)52-54-51(38-16-7-4-8-17-38)55-53(56-52)46-23-13-19-41(34-46)36-14-5-3-6-15-36/h3-35H,1-2H3. The van der Waals surface area contributed by atoms with E-state index in [0.717, 1.165) is 38.9 Å². The third-order valence-corrected chi connectivity index (χ3v) is 14.9. The van der Waals surface area contributed by atoms with Crippen LogP contribution in [0.25, 0.3) is 89.8 Å². The summed E-state index contributed by atoms with van der Waals surface area (Å²) in [5.41, 5.74) is 15.1. The molecule has 3 nitrogen and oxygen atoms in total. The van der Waals surface area contributed by atoms with E-state index in [9.17, 15) is 0 Å². The highest BCUT2D eigenvalue weighted by molar-refractivity contribution is 7.03. The second kappa shape index (κ2) is 14.2. The molecule has 0 unspecified atom stereocenters. The first-order chi connectivity index (χ1) is 28.0. The van der Waals surface area contributed by atoms with Crippen LogP contribution in [-0.4, -0.2) is 23.0 Å². The van der Waals surface area contributed by atoms with Crippen LogP contribution < -0.4 is 10.4 Å². The molecule has 1 aliphatic heterocycles. The van der Waals surface area contributed by atoms with Gasteiger partial charge in [0.2, 0.25) is 0 Å². The van der Waals surface area contributed by atoms with Crippen molar-refractivity contribution in [2.45, 2.75) is 13.1 Å². The summed E-state index contributed by atoms with van der Waals surface area (Å²) in [7, 11) is -1.76. The average molecular weight is 746 g/mol. The summed E-state index contributed by atoms with van der Waals surface area (Å²) in [6, 6.07) is 71.4. The molecule has 9 aromatic rings. The lowest BCUT2D eigenvalue weighted by Gasteiger charge is -2.19. The minimum absolute atomic E-state index is 0.641. The minimum atomic E-state index is -1.76. The zero-order chi connectivity index (χ0) is 38.3. The first-order valence-electron chi connectivity index (χ1n) is 19.5. The summed E-state index contributed by atoms with van der Waals surface area (Å²) in [6.07, 6.45) is 0. The molecule has 0 amide bonds.